The van der Waals surface area contributed by atoms with Crippen LogP contribution in [0.2, 0.25) is 0 Å². The van der Waals surface area contributed by atoms with Gasteiger partial charge in [-0.15, -0.1) is 0 Å². The molecule has 2 aliphatic heterocycles. The normalized spacial score (nSPS) is 28.6. The molecule has 0 spiro atoms. The van der Waals surface area contributed by atoms with Gasteiger partial charge < -0.3 is 39.9 Å². The van der Waals surface area contributed by atoms with Crippen LogP contribution in [0.1, 0.15) is 38.7 Å². The lowest BCUT2D eigenvalue weighted by Crippen LogP contribution is -2.69. The van der Waals surface area contributed by atoms with E-state index >= 15 is 0 Å². The third-order valence-corrected chi connectivity index (χ3v) is 7.22. The molecule has 2 saturated heterocycles. The maximum absolute atomic E-state index is 13.7. The van der Waals surface area contributed by atoms with Crippen molar-refractivity contribution in [3.63, 3.8) is 0 Å². The highest BCUT2D eigenvalue weighted by Gasteiger charge is 2.53. The third-order valence-electron chi connectivity index (χ3n) is 7.22. The molecule has 1 amide bonds. The molecule has 1 aromatic rings. The molecule has 13 nitrogen and oxygen atoms in total. The number of carbonyl (C=O) groups excluding carboxylic acids is 2. The number of esters is 1. The number of hydrogen-bond acceptors (Lipinski definition) is 10. The quantitative estimate of drug-likeness (QED) is 0.215. The Morgan fingerprint density at radius 1 is 1.05 bits per heavy atom. The van der Waals surface area contributed by atoms with Crippen LogP contribution in [0.5, 0.6) is 0 Å². The number of aliphatic hydroxyl groups excluding tert-OH is 3. The first-order valence-electron chi connectivity index (χ1n) is 12.9. The Kier molecular flexibility index (Phi) is 10.4. The van der Waals surface area contributed by atoms with Crippen LogP contribution in [0, 0.1) is 0 Å². The van der Waals surface area contributed by atoms with Gasteiger partial charge in [0.15, 0.2) is 6.10 Å². The molecule has 3 rings (SSSR count). The topological polar surface area (TPSA) is 194 Å². The summed E-state index contributed by atoms with van der Waals surface area (Å²) in [7, 11) is 0. The summed E-state index contributed by atoms with van der Waals surface area (Å²) < 4.78 is 10.8. The number of hydrogen-bond donors (Lipinski definition) is 5. The summed E-state index contributed by atoms with van der Waals surface area (Å²) in [6.07, 6.45) is -8.56. The largest absolute Gasteiger partial charge is 0.480 e. The summed E-state index contributed by atoms with van der Waals surface area (Å²) in [5.74, 6) is -4.28. The summed E-state index contributed by atoms with van der Waals surface area (Å²) in [6.45, 7) is 3.10. The predicted octanol–water partition coefficient (Wildman–Crippen LogP) is -0.791. The minimum absolute atomic E-state index is 0.0166. The number of carboxylic acid groups (broad SMARTS) is 2. The summed E-state index contributed by atoms with van der Waals surface area (Å²) >= 11 is 0. The Balaban J connectivity index is 2.05. The smallest absolute Gasteiger partial charge is 0.335 e. The Morgan fingerprint density at radius 2 is 1.72 bits per heavy atom. The summed E-state index contributed by atoms with van der Waals surface area (Å²) in [6, 6.07) is 5.41. The van der Waals surface area contributed by atoms with E-state index in [1.807, 2.05) is 18.2 Å². The third kappa shape index (κ3) is 6.73. The lowest BCUT2D eigenvalue weighted by Gasteiger charge is -2.48. The van der Waals surface area contributed by atoms with Crippen LogP contribution in [0.3, 0.4) is 0 Å². The van der Waals surface area contributed by atoms with E-state index in [9.17, 15) is 44.7 Å². The summed E-state index contributed by atoms with van der Waals surface area (Å²) in [5, 5.41) is 50.8. The van der Waals surface area contributed by atoms with E-state index in [1.165, 1.54) is 6.92 Å². The van der Waals surface area contributed by atoms with E-state index in [0.717, 1.165) is 15.4 Å². The van der Waals surface area contributed by atoms with E-state index in [4.69, 9.17) is 9.47 Å². The molecule has 0 radical (unpaired) electrons. The standard InChI is InChI=1S/C26H36N2O11/c1-3-38-26(37)17(12-11-15-8-5-4-6-9-15)28(14(2)22(32)27-13-7-10-16(27)24(33)34)23-20(31)18(29)19(30)21(39-23)25(35)36/h4-6,8-9,14,16-21,23,29-31H,3,7,10-13H2,1-2H3,(H,33,34)(H,35,36)/t14-,16-,17-,18-,19-,20+,21-,23+/m0/s1. The van der Waals surface area contributed by atoms with Crippen molar-refractivity contribution >= 4 is 23.8 Å². The monoisotopic (exact) mass is 552 g/mol. The van der Waals surface area contributed by atoms with Crippen molar-refractivity contribution < 1.29 is 54.2 Å². The Morgan fingerprint density at radius 3 is 2.31 bits per heavy atom. The first kappa shape index (κ1) is 30.4. The minimum atomic E-state index is -1.98. The van der Waals surface area contributed by atoms with Crippen molar-refractivity contribution in [3.8, 4) is 0 Å². The number of aryl methyl sites for hydroxylation is 1. The molecule has 2 fully saturated rings. The van der Waals surface area contributed by atoms with Crippen LogP contribution < -0.4 is 0 Å². The van der Waals surface area contributed by atoms with Crippen molar-refractivity contribution in [1.29, 1.82) is 0 Å². The van der Waals surface area contributed by atoms with E-state index in [-0.39, 0.29) is 26.0 Å². The van der Waals surface area contributed by atoms with Crippen LogP contribution in [-0.2, 0) is 35.1 Å². The number of aliphatic hydroxyl groups is 3. The molecule has 0 bridgehead atoms. The number of likely N-dealkylation sites (tertiary alicyclic amines) is 1. The Bertz CT molecular complexity index is 1020. The molecular formula is C26H36N2O11. The molecule has 2 heterocycles. The fraction of sp³-hybridized carbons (Fsp3) is 0.615. The van der Waals surface area contributed by atoms with Crippen LogP contribution >= 0.6 is 0 Å². The Hall–Kier alpha value is -3.10. The second-order valence-electron chi connectivity index (χ2n) is 9.70. The highest BCUT2D eigenvalue weighted by atomic mass is 16.6. The molecule has 39 heavy (non-hydrogen) atoms. The molecular weight excluding hydrogens is 516 g/mol. The second-order valence-corrected chi connectivity index (χ2v) is 9.70. The van der Waals surface area contributed by atoms with Gasteiger partial charge >= 0.3 is 17.9 Å². The minimum Gasteiger partial charge on any atom is -0.480 e. The number of benzene rings is 1. The number of carboxylic acids is 2. The lowest BCUT2D eigenvalue weighted by molar-refractivity contribution is -0.269. The van der Waals surface area contributed by atoms with Crippen molar-refractivity contribution in [1.82, 2.24) is 9.80 Å². The average Bonchev–Trinajstić information content (AvgIpc) is 3.40. The van der Waals surface area contributed by atoms with Gasteiger partial charge in [0.25, 0.3) is 0 Å². The zero-order valence-corrected chi connectivity index (χ0v) is 21.8. The number of rotatable bonds is 11. The number of ether oxygens (including phenoxy) is 2. The number of aliphatic carboxylic acids is 2. The first-order chi connectivity index (χ1) is 18.5. The number of carbonyl (C=O) groups is 4. The molecule has 1 aromatic carbocycles. The van der Waals surface area contributed by atoms with E-state index in [1.54, 1.807) is 19.1 Å². The zero-order valence-electron chi connectivity index (χ0n) is 21.8. The number of nitrogens with zero attached hydrogens (tertiary/aromatic N) is 2. The molecule has 216 valence electrons. The number of amides is 1. The van der Waals surface area contributed by atoms with Gasteiger partial charge in [0.2, 0.25) is 5.91 Å². The highest BCUT2D eigenvalue weighted by molar-refractivity contribution is 5.88. The molecule has 0 aromatic heterocycles. The predicted molar refractivity (Wildman–Crippen MR) is 133 cm³/mol. The van der Waals surface area contributed by atoms with E-state index < -0.39 is 72.6 Å². The molecule has 2 aliphatic rings. The molecule has 13 heteroatoms. The highest BCUT2D eigenvalue weighted by Crippen LogP contribution is 2.30. The van der Waals surface area contributed by atoms with Gasteiger partial charge in [-0.25, -0.2) is 9.59 Å². The molecule has 0 aliphatic carbocycles. The van der Waals surface area contributed by atoms with Gasteiger partial charge in [0.05, 0.1) is 12.6 Å². The van der Waals surface area contributed by atoms with Gasteiger partial charge in [-0.1, -0.05) is 30.3 Å². The van der Waals surface area contributed by atoms with Crippen molar-refractivity contribution in [2.24, 2.45) is 0 Å². The summed E-state index contributed by atoms with van der Waals surface area (Å²) in [5.41, 5.74) is 0.847. The van der Waals surface area contributed by atoms with Gasteiger partial charge in [-0.2, -0.15) is 0 Å². The SMILES string of the molecule is CCOC(=O)[C@H](CCc1ccccc1)N([C@@H]1O[C@H](C(=O)O)[C@@H](O)[C@H](O)[C@H]1O)[C@@H](C)C(=O)N1CCC[C@H]1C(=O)O. The molecule has 8 atom stereocenters. The summed E-state index contributed by atoms with van der Waals surface area (Å²) in [4.78, 5) is 52.8. The van der Waals surface area contributed by atoms with E-state index in [0.29, 0.717) is 12.8 Å². The van der Waals surface area contributed by atoms with Crippen molar-refractivity contribution in [2.75, 3.05) is 13.2 Å². The average molecular weight is 553 g/mol. The van der Waals surface area contributed by atoms with Gasteiger partial charge in [-0.05, 0) is 45.1 Å². The lowest BCUT2D eigenvalue weighted by atomic mass is 9.94. The van der Waals surface area contributed by atoms with Gasteiger partial charge in [0.1, 0.15) is 36.6 Å². The maximum Gasteiger partial charge on any atom is 0.335 e. The van der Waals surface area contributed by atoms with Gasteiger partial charge in [-0.3, -0.25) is 14.5 Å². The van der Waals surface area contributed by atoms with Crippen LogP contribution in [0.4, 0.5) is 0 Å². The second kappa shape index (κ2) is 13.3. The fourth-order valence-corrected chi connectivity index (χ4v) is 5.21. The maximum atomic E-state index is 13.7. The molecule has 0 unspecified atom stereocenters. The zero-order chi connectivity index (χ0) is 28.9. The van der Waals surface area contributed by atoms with Crippen LogP contribution in [0.15, 0.2) is 30.3 Å². The first-order valence-corrected chi connectivity index (χ1v) is 12.9. The van der Waals surface area contributed by atoms with E-state index in [2.05, 4.69) is 0 Å². The van der Waals surface area contributed by atoms with Crippen LogP contribution in [0.25, 0.3) is 0 Å². The molecule has 5 N–H and O–H groups in total. The Labute approximate surface area is 225 Å². The van der Waals surface area contributed by atoms with Gasteiger partial charge in [0, 0.05) is 6.54 Å². The molecule has 0 saturated carbocycles. The van der Waals surface area contributed by atoms with Crippen LogP contribution in [-0.4, -0.2) is 121 Å². The van der Waals surface area contributed by atoms with Crippen molar-refractivity contribution in [2.45, 2.75) is 88.3 Å². The van der Waals surface area contributed by atoms with Crippen molar-refractivity contribution in [3.05, 3.63) is 35.9 Å². The fourth-order valence-electron chi connectivity index (χ4n) is 5.21.